The predicted molar refractivity (Wildman–Crippen MR) is 88.7 cm³/mol. The third-order valence-electron chi connectivity index (χ3n) is 4.69. The van der Waals surface area contributed by atoms with E-state index in [1.165, 1.54) is 18.4 Å². The molecule has 2 aliphatic heterocycles. The molecule has 0 spiro atoms. The van der Waals surface area contributed by atoms with Gasteiger partial charge in [-0.2, -0.15) is 0 Å². The number of fused-ring (bicyclic) bond motifs is 3. The average molecular weight is 321 g/mol. The highest BCUT2D eigenvalue weighted by Crippen LogP contribution is 2.24. The van der Waals surface area contributed by atoms with Crippen LogP contribution in [0.4, 0.5) is 0 Å². The summed E-state index contributed by atoms with van der Waals surface area (Å²) < 4.78 is 5.75. The maximum absolute atomic E-state index is 12.7. The highest BCUT2D eigenvalue weighted by molar-refractivity contribution is 5.96. The molecule has 1 amide bonds. The van der Waals surface area contributed by atoms with Crippen molar-refractivity contribution in [1.82, 2.24) is 10.2 Å². The number of carbonyl (C=O) groups is 1. The number of hydrogen-bond donors (Lipinski definition) is 1. The van der Waals surface area contributed by atoms with E-state index >= 15 is 0 Å². The van der Waals surface area contributed by atoms with E-state index in [-0.39, 0.29) is 18.3 Å². The van der Waals surface area contributed by atoms with Crippen molar-refractivity contribution >= 4 is 29.3 Å². The molecule has 2 atom stereocenters. The monoisotopic (exact) mass is 320 g/mol. The lowest BCUT2D eigenvalue weighted by Gasteiger charge is -2.23. The molecule has 5 heteroatoms. The molecule has 118 valence electrons. The molecule has 22 heavy (non-hydrogen) atoms. The fourth-order valence-electron chi connectivity index (χ4n) is 3.55. The van der Waals surface area contributed by atoms with Gasteiger partial charge in [-0.1, -0.05) is 11.6 Å². The molecule has 1 N–H and O–H groups in total. The van der Waals surface area contributed by atoms with Crippen molar-refractivity contribution in [3.63, 3.8) is 0 Å². The van der Waals surface area contributed by atoms with Gasteiger partial charge in [0.1, 0.15) is 5.58 Å². The Labute approximate surface area is 136 Å². The Bertz CT molecular complexity index is 697. The molecule has 3 heterocycles. The van der Waals surface area contributed by atoms with Gasteiger partial charge in [0.15, 0.2) is 5.76 Å². The first kappa shape index (κ1) is 15.4. The summed E-state index contributed by atoms with van der Waals surface area (Å²) in [6.45, 7) is 3.67. The maximum Gasteiger partial charge on any atom is 0.289 e. The van der Waals surface area contributed by atoms with E-state index in [0.717, 1.165) is 30.5 Å². The van der Waals surface area contributed by atoms with Gasteiger partial charge < -0.3 is 14.6 Å². The molecule has 2 fully saturated rings. The first-order chi connectivity index (χ1) is 10.2. The molecule has 2 aliphatic rings. The van der Waals surface area contributed by atoms with E-state index in [1.54, 1.807) is 0 Å². The van der Waals surface area contributed by atoms with Gasteiger partial charge in [0.25, 0.3) is 5.91 Å². The zero-order valence-corrected chi connectivity index (χ0v) is 13.5. The summed E-state index contributed by atoms with van der Waals surface area (Å²) in [7, 11) is 0. The van der Waals surface area contributed by atoms with Crippen LogP contribution in [-0.4, -0.2) is 36.0 Å². The minimum absolute atomic E-state index is 0. The van der Waals surface area contributed by atoms with Gasteiger partial charge in [-0.25, -0.2) is 0 Å². The van der Waals surface area contributed by atoms with Crippen molar-refractivity contribution in [2.45, 2.75) is 38.3 Å². The van der Waals surface area contributed by atoms with Gasteiger partial charge >= 0.3 is 0 Å². The minimum Gasteiger partial charge on any atom is -0.451 e. The molecule has 4 nitrogen and oxygen atoms in total. The fourth-order valence-corrected chi connectivity index (χ4v) is 3.55. The molecule has 0 radical (unpaired) electrons. The lowest BCUT2D eigenvalue weighted by molar-refractivity contribution is 0.0718. The largest absolute Gasteiger partial charge is 0.451 e. The summed E-state index contributed by atoms with van der Waals surface area (Å²) in [5.41, 5.74) is 1.97. The van der Waals surface area contributed by atoms with Crippen LogP contribution in [0, 0.1) is 6.92 Å². The van der Waals surface area contributed by atoms with Gasteiger partial charge in [0, 0.05) is 30.6 Å². The SMILES string of the molecule is Cc1ccc2oc(C(=O)N3CCC4CCC(C3)N4)cc2c1.Cl. The lowest BCUT2D eigenvalue weighted by atomic mass is 10.1. The number of benzene rings is 1. The van der Waals surface area contributed by atoms with Crippen LogP contribution in [0.15, 0.2) is 28.7 Å². The number of amides is 1. The van der Waals surface area contributed by atoms with E-state index < -0.39 is 0 Å². The number of aryl methyl sites for hydroxylation is 1. The Morgan fingerprint density at radius 3 is 2.91 bits per heavy atom. The molecular formula is C17H21ClN2O2. The van der Waals surface area contributed by atoms with Crippen LogP contribution >= 0.6 is 12.4 Å². The third kappa shape index (κ3) is 2.73. The summed E-state index contributed by atoms with van der Waals surface area (Å²) in [5, 5.41) is 4.61. The highest BCUT2D eigenvalue weighted by Gasteiger charge is 2.32. The summed E-state index contributed by atoms with van der Waals surface area (Å²) in [6, 6.07) is 8.92. The van der Waals surface area contributed by atoms with Gasteiger partial charge in [0.05, 0.1) is 0 Å². The Hall–Kier alpha value is -1.52. The van der Waals surface area contributed by atoms with Crippen molar-refractivity contribution in [3.05, 3.63) is 35.6 Å². The van der Waals surface area contributed by atoms with Crippen LogP contribution in [0.25, 0.3) is 11.0 Å². The first-order valence-corrected chi connectivity index (χ1v) is 7.74. The van der Waals surface area contributed by atoms with Crippen molar-refractivity contribution in [2.75, 3.05) is 13.1 Å². The zero-order chi connectivity index (χ0) is 14.4. The second-order valence-electron chi connectivity index (χ2n) is 6.33. The normalized spacial score (nSPS) is 24.1. The van der Waals surface area contributed by atoms with E-state index in [2.05, 4.69) is 11.4 Å². The molecule has 2 saturated heterocycles. The Balaban J connectivity index is 0.00000144. The molecule has 0 saturated carbocycles. The molecule has 1 aromatic carbocycles. The second kappa shape index (κ2) is 5.94. The molecule has 2 unspecified atom stereocenters. The maximum atomic E-state index is 12.7. The number of nitrogens with one attached hydrogen (secondary N) is 1. The van der Waals surface area contributed by atoms with Crippen LogP contribution in [0.2, 0.25) is 0 Å². The number of hydrogen-bond acceptors (Lipinski definition) is 3. The van der Waals surface area contributed by atoms with Gasteiger partial charge in [0.2, 0.25) is 0 Å². The van der Waals surface area contributed by atoms with Crippen LogP contribution in [0.5, 0.6) is 0 Å². The molecule has 2 aromatic rings. The van der Waals surface area contributed by atoms with E-state index in [0.29, 0.717) is 17.8 Å². The van der Waals surface area contributed by atoms with Gasteiger partial charge in [-0.05, 0) is 44.4 Å². The Morgan fingerprint density at radius 2 is 2.05 bits per heavy atom. The molecule has 2 bridgehead atoms. The molecule has 1 aromatic heterocycles. The number of halogens is 1. The van der Waals surface area contributed by atoms with Gasteiger partial charge in [-0.15, -0.1) is 12.4 Å². The van der Waals surface area contributed by atoms with Crippen molar-refractivity contribution in [2.24, 2.45) is 0 Å². The van der Waals surface area contributed by atoms with Crippen molar-refractivity contribution in [1.29, 1.82) is 0 Å². The molecule has 4 rings (SSSR count). The standard InChI is InChI=1S/C17H20N2O2.ClH/c1-11-2-5-15-12(8-11)9-16(21-15)17(20)19-7-6-13-3-4-14(10-19)18-13;/h2,5,8-9,13-14,18H,3-4,6-7,10H2,1H3;1H. The molecular weight excluding hydrogens is 300 g/mol. The number of rotatable bonds is 1. The van der Waals surface area contributed by atoms with Crippen molar-refractivity contribution in [3.8, 4) is 0 Å². The fraction of sp³-hybridized carbons (Fsp3) is 0.471. The van der Waals surface area contributed by atoms with E-state index in [9.17, 15) is 4.79 Å². The smallest absolute Gasteiger partial charge is 0.289 e. The van der Waals surface area contributed by atoms with Crippen LogP contribution in [0.1, 0.15) is 35.4 Å². The highest BCUT2D eigenvalue weighted by atomic mass is 35.5. The summed E-state index contributed by atoms with van der Waals surface area (Å²) in [6.07, 6.45) is 3.46. The first-order valence-electron chi connectivity index (χ1n) is 7.74. The molecule has 0 aliphatic carbocycles. The summed E-state index contributed by atoms with van der Waals surface area (Å²) >= 11 is 0. The van der Waals surface area contributed by atoms with Gasteiger partial charge in [-0.3, -0.25) is 4.79 Å². The summed E-state index contributed by atoms with van der Waals surface area (Å²) in [4.78, 5) is 14.6. The number of furan rings is 1. The number of nitrogens with zero attached hydrogens (tertiary/aromatic N) is 1. The lowest BCUT2D eigenvalue weighted by Crippen LogP contribution is -2.38. The Morgan fingerprint density at radius 1 is 1.23 bits per heavy atom. The average Bonchev–Trinajstić information content (AvgIpc) is 3.01. The third-order valence-corrected chi connectivity index (χ3v) is 4.69. The van der Waals surface area contributed by atoms with Crippen LogP contribution < -0.4 is 5.32 Å². The van der Waals surface area contributed by atoms with E-state index in [4.69, 9.17) is 4.42 Å². The quantitative estimate of drug-likeness (QED) is 0.878. The Kier molecular flexibility index (Phi) is 4.15. The number of likely N-dealkylation sites (tertiary alicyclic amines) is 1. The van der Waals surface area contributed by atoms with Crippen LogP contribution in [0.3, 0.4) is 0 Å². The zero-order valence-electron chi connectivity index (χ0n) is 12.7. The van der Waals surface area contributed by atoms with Crippen LogP contribution in [-0.2, 0) is 0 Å². The minimum atomic E-state index is 0. The second-order valence-corrected chi connectivity index (χ2v) is 6.33. The van der Waals surface area contributed by atoms with E-state index in [1.807, 2.05) is 30.0 Å². The predicted octanol–water partition coefficient (Wildman–Crippen LogP) is 3.13. The topological polar surface area (TPSA) is 45.5 Å². The number of carbonyl (C=O) groups excluding carboxylic acids is 1. The summed E-state index contributed by atoms with van der Waals surface area (Å²) in [5.74, 6) is 0.492. The van der Waals surface area contributed by atoms with Crippen molar-refractivity contribution < 1.29 is 9.21 Å².